The largest absolute Gasteiger partial charge is 0.353 e. The molecular formula is C32H42N2O. The average Bonchev–Trinajstić information content (AvgIpc) is 2.89. The van der Waals surface area contributed by atoms with Crippen molar-refractivity contribution in [2.75, 3.05) is 6.54 Å². The van der Waals surface area contributed by atoms with Crippen LogP contribution in [-0.4, -0.2) is 18.5 Å². The number of aryl methyl sites for hydroxylation is 1. The summed E-state index contributed by atoms with van der Waals surface area (Å²) in [5.74, 6) is 3.12. The van der Waals surface area contributed by atoms with Gasteiger partial charge in [0.05, 0.1) is 5.41 Å². The Morgan fingerprint density at radius 1 is 0.857 bits per heavy atom. The lowest BCUT2D eigenvalue weighted by Crippen LogP contribution is -2.62. The number of amides is 1. The Kier molecular flexibility index (Phi) is 6.25. The summed E-state index contributed by atoms with van der Waals surface area (Å²) in [7, 11) is 0. The number of benzene rings is 2. The van der Waals surface area contributed by atoms with E-state index in [9.17, 15) is 4.79 Å². The van der Waals surface area contributed by atoms with Gasteiger partial charge in [-0.2, -0.15) is 0 Å². The van der Waals surface area contributed by atoms with E-state index in [1.165, 1.54) is 36.8 Å². The van der Waals surface area contributed by atoms with E-state index in [-0.39, 0.29) is 10.8 Å². The minimum absolute atomic E-state index is 0.171. The fourth-order valence-corrected chi connectivity index (χ4v) is 8.97. The molecule has 0 saturated heterocycles. The van der Waals surface area contributed by atoms with Gasteiger partial charge in [0, 0.05) is 6.04 Å². The molecule has 0 heterocycles. The predicted molar refractivity (Wildman–Crippen MR) is 142 cm³/mol. The highest BCUT2D eigenvalue weighted by Crippen LogP contribution is 2.68. The third-order valence-corrected chi connectivity index (χ3v) is 10.5. The van der Waals surface area contributed by atoms with E-state index in [0.29, 0.717) is 29.7 Å². The number of hydrogen-bond acceptors (Lipinski definition) is 2. The molecule has 4 bridgehead atoms. The minimum Gasteiger partial charge on any atom is -0.353 e. The van der Waals surface area contributed by atoms with E-state index in [2.05, 4.69) is 66.0 Å². The second kappa shape index (κ2) is 9.39. The Hall–Kier alpha value is -2.13. The molecule has 5 saturated carbocycles. The van der Waals surface area contributed by atoms with Crippen molar-refractivity contribution < 1.29 is 4.79 Å². The number of carbonyl (C=O) groups excluding carboxylic acids is 1. The number of rotatable bonds is 7. The molecule has 2 aromatic rings. The molecule has 5 fully saturated rings. The van der Waals surface area contributed by atoms with Crippen molar-refractivity contribution in [3.8, 4) is 0 Å². The highest BCUT2D eigenvalue weighted by Gasteiger charge is 2.63. The van der Waals surface area contributed by atoms with Gasteiger partial charge in [0.1, 0.15) is 0 Å². The van der Waals surface area contributed by atoms with Crippen molar-refractivity contribution in [1.82, 2.24) is 5.32 Å². The molecule has 0 spiro atoms. The normalized spacial score (nSPS) is 37.8. The zero-order chi connectivity index (χ0) is 23.9. The lowest BCUT2D eigenvalue weighted by Gasteiger charge is -2.64. The van der Waals surface area contributed by atoms with Crippen molar-refractivity contribution in [2.45, 2.75) is 82.1 Å². The Balaban J connectivity index is 1.23. The Bertz CT molecular complexity index is 994. The van der Waals surface area contributed by atoms with E-state index in [1.54, 1.807) is 0 Å². The third kappa shape index (κ3) is 4.35. The summed E-state index contributed by atoms with van der Waals surface area (Å²) >= 11 is 0. The number of hydrogen-bond donors (Lipinski definition) is 2. The molecule has 0 aromatic heterocycles. The van der Waals surface area contributed by atoms with Crippen molar-refractivity contribution >= 4 is 5.91 Å². The highest BCUT2D eigenvalue weighted by molar-refractivity contribution is 5.84. The van der Waals surface area contributed by atoms with Gasteiger partial charge < -0.3 is 11.1 Å². The first kappa shape index (κ1) is 23.3. The van der Waals surface area contributed by atoms with Gasteiger partial charge in [0.15, 0.2) is 0 Å². The first-order chi connectivity index (χ1) is 17.1. The Morgan fingerprint density at radius 2 is 1.49 bits per heavy atom. The van der Waals surface area contributed by atoms with E-state index in [4.69, 9.17) is 5.73 Å². The molecule has 7 rings (SSSR count). The molecule has 2 aromatic carbocycles. The SMILES string of the molecule is NCC1CCC(NC(=O)C23CC4CC(c5ccccc5)(CC(C2)C4CCc2ccccc2)C3)CC1. The van der Waals surface area contributed by atoms with Crippen LogP contribution in [0.2, 0.25) is 0 Å². The maximum absolute atomic E-state index is 14.0. The molecule has 0 radical (unpaired) electrons. The van der Waals surface area contributed by atoms with Crippen LogP contribution in [0.1, 0.15) is 75.3 Å². The molecule has 3 nitrogen and oxygen atoms in total. The summed E-state index contributed by atoms with van der Waals surface area (Å²) in [6.07, 6.45) is 12.7. The number of nitrogens with two attached hydrogens (primary N) is 1. The van der Waals surface area contributed by atoms with E-state index in [1.807, 2.05) is 0 Å². The fourth-order valence-electron chi connectivity index (χ4n) is 8.97. The lowest BCUT2D eigenvalue weighted by molar-refractivity contribution is -0.159. The first-order valence-electron chi connectivity index (χ1n) is 14.2. The van der Waals surface area contributed by atoms with Crippen LogP contribution in [0.15, 0.2) is 60.7 Å². The van der Waals surface area contributed by atoms with Crippen LogP contribution in [0.3, 0.4) is 0 Å². The zero-order valence-corrected chi connectivity index (χ0v) is 21.1. The summed E-state index contributed by atoms with van der Waals surface area (Å²) in [6, 6.07) is 22.5. The van der Waals surface area contributed by atoms with Crippen molar-refractivity contribution in [3.05, 3.63) is 71.8 Å². The smallest absolute Gasteiger partial charge is 0.226 e. The summed E-state index contributed by atoms with van der Waals surface area (Å²) in [5, 5.41) is 3.58. The molecule has 35 heavy (non-hydrogen) atoms. The maximum Gasteiger partial charge on any atom is 0.226 e. The van der Waals surface area contributed by atoms with Crippen LogP contribution in [0.4, 0.5) is 0 Å². The van der Waals surface area contributed by atoms with Gasteiger partial charge >= 0.3 is 0 Å². The summed E-state index contributed by atoms with van der Waals surface area (Å²) in [5.41, 5.74) is 8.86. The van der Waals surface area contributed by atoms with Crippen LogP contribution < -0.4 is 11.1 Å². The van der Waals surface area contributed by atoms with Gasteiger partial charge in [-0.15, -0.1) is 0 Å². The Morgan fingerprint density at radius 3 is 2.11 bits per heavy atom. The van der Waals surface area contributed by atoms with Crippen molar-refractivity contribution in [2.24, 2.45) is 34.8 Å². The Labute approximate surface area is 211 Å². The topological polar surface area (TPSA) is 55.1 Å². The van der Waals surface area contributed by atoms with Gasteiger partial charge in [0.2, 0.25) is 5.91 Å². The van der Waals surface area contributed by atoms with Crippen molar-refractivity contribution in [1.29, 1.82) is 0 Å². The monoisotopic (exact) mass is 470 g/mol. The standard InChI is InChI=1S/C32H42N2O/c33-21-24-11-14-28(15-12-24)34-30(35)32-19-25-17-31(22-32,27-9-5-2-6-10-27)18-26(20-32)29(25)16-13-23-7-3-1-4-8-23/h1-10,24-26,28-29H,11-22,33H2,(H,34,35). The summed E-state index contributed by atoms with van der Waals surface area (Å²) < 4.78 is 0. The maximum atomic E-state index is 14.0. The molecule has 3 N–H and O–H groups in total. The molecule has 3 heteroatoms. The molecular weight excluding hydrogens is 428 g/mol. The molecule has 5 aliphatic carbocycles. The summed E-state index contributed by atoms with van der Waals surface area (Å²) in [4.78, 5) is 14.0. The molecule has 5 aliphatic rings. The van der Waals surface area contributed by atoms with E-state index in [0.717, 1.165) is 57.4 Å². The van der Waals surface area contributed by atoms with Gasteiger partial charge in [-0.1, -0.05) is 60.7 Å². The van der Waals surface area contributed by atoms with Crippen LogP contribution in [0, 0.1) is 29.1 Å². The fraction of sp³-hybridized carbons (Fsp3) is 0.594. The predicted octanol–water partition coefficient (Wildman–Crippen LogP) is 6.02. The van der Waals surface area contributed by atoms with E-state index >= 15 is 0 Å². The third-order valence-electron chi connectivity index (χ3n) is 10.5. The first-order valence-corrected chi connectivity index (χ1v) is 14.2. The highest BCUT2D eigenvalue weighted by atomic mass is 16.2. The molecule has 2 unspecified atom stereocenters. The van der Waals surface area contributed by atoms with Crippen molar-refractivity contribution in [3.63, 3.8) is 0 Å². The van der Waals surface area contributed by atoms with Crippen LogP contribution in [0.25, 0.3) is 0 Å². The van der Waals surface area contributed by atoms with Gasteiger partial charge in [-0.3, -0.25) is 4.79 Å². The molecule has 2 atom stereocenters. The zero-order valence-electron chi connectivity index (χ0n) is 21.1. The number of carbonyl (C=O) groups is 1. The minimum atomic E-state index is -0.171. The van der Waals surface area contributed by atoms with Gasteiger partial charge in [0.25, 0.3) is 0 Å². The molecule has 0 aliphatic heterocycles. The quantitative estimate of drug-likeness (QED) is 0.520. The van der Waals surface area contributed by atoms with E-state index < -0.39 is 0 Å². The van der Waals surface area contributed by atoms with Crippen LogP contribution in [0.5, 0.6) is 0 Å². The average molecular weight is 471 g/mol. The molecule has 186 valence electrons. The van der Waals surface area contributed by atoms with Gasteiger partial charge in [-0.05, 0) is 117 Å². The van der Waals surface area contributed by atoms with Crippen LogP contribution in [-0.2, 0) is 16.6 Å². The second-order valence-corrected chi connectivity index (χ2v) is 12.6. The van der Waals surface area contributed by atoms with Gasteiger partial charge in [-0.25, -0.2) is 0 Å². The molecule has 1 amide bonds. The lowest BCUT2D eigenvalue weighted by atomic mass is 9.39. The number of nitrogens with one attached hydrogen (secondary N) is 1. The second-order valence-electron chi connectivity index (χ2n) is 12.6. The van der Waals surface area contributed by atoms with Crippen LogP contribution >= 0.6 is 0 Å². The summed E-state index contributed by atoms with van der Waals surface area (Å²) in [6.45, 7) is 0.790.